The van der Waals surface area contributed by atoms with Crippen LogP contribution < -0.4 is 15.4 Å². The maximum absolute atomic E-state index is 12.5. The van der Waals surface area contributed by atoms with Crippen LogP contribution in [-0.2, 0) is 0 Å². The molecule has 3 N–H and O–H groups in total. The van der Waals surface area contributed by atoms with Crippen molar-refractivity contribution in [1.82, 2.24) is 15.5 Å². The van der Waals surface area contributed by atoms with E-state index in [1.54, 1.807) is 69.8 Å². The minimum absolute atomic E-state index is 0.0507. The van der Waals surface area contributed by atoms with E-state index in [1.807, 2.05) is 0 Å². The molecule has 0 saturated carbocycles. The fourth-order valence-corrected chi connectivity index (χ4v) is 2.71. The number of nitrogens with zero attached hydrogens (tertiary/aromatic N) is 1. The summed E-state index contributed by atoms with van der Waals surface area (Å²) in [5.41, 5.74) is 1.35. The van der Waals surface area contributed by atoms with Crippen molar-refractivity contribution in [1.29, 1.82) is 5.41 Å². The Morgan fingerprint density at radius 3 is 2.50 bits per heavy atom. The molecule has 0 atom stereocenters. The number of hydrogen-bond acceptors (Lipinski definition) is 6. The molecule has 8 nitrogen and oxygen atoms in total. The number of amidine groups is 1. The monoisotopic (exact) mass is 406 g/mol. The summed E-state index contributed by atoms with van der Waals surface area (Å²) in [7, 11) is 5.07. The van der Waals surface area contributed by atoms with Crippen LogP contribution in [0.15, 0.2) is 65.4 Å². The predicted molar refractivity (Wildman–Crippen MR) is 114 cm³/mol. The number of hydrogen-bond donors (Lipinski definition) is 3. The largest absolute Gasteiger partial charge is 0.460 e. The zero-order valence-corrected chi connectivity index (χ0v) is 16.9. The summed E-state index contributed by atoms with van der Waals surface area (Å²) in [6, 6.07) is 11.6. The fraction of sp³-hybridized carbons (Fsp3) is 0.136. The lowest BCUT2D eigenvalue weighted by molar-refractivity contribution is 0.0827. The van der Waals surface area contributed by atoms with Crippen LogP contribution in [0.3, 0.4) is 0 Å². The zero-order valence-electron chi connectivity index (χ0n) is 16.9. The van der Waals surface area contributed by atoms with Gasteiger partial charge in [-0.3, -0.25) is 15.0 Å². The Balaban J connectivity index is 1.86. The van der Waals surface area contributed by atoms with E-state index in [4.69, 9.17) is 14.6 Å². The lowest BCUT2D eigenvalue weighted by atomic mass is 10.1. The van der Waals surface area contributed by atoms with Crippen LogP contribution in [0.4, 0.5) is 0 Å². The third-order valence-electron chi connectivity index (χ3n) is 4.18. The van der Waals surface area contributed by atoms with Crippen molar-refractivity contribution in [2.75, 3.05) is 21.1 Å². The third kappa shape index (κ3) is 4.67. The number of carbonyl (C=O) groups excluding carboxylic acids is 2. The molecule has 2 aromatic carbocycles. The molecule has 0 spiro atoms. The molecule has 3 rings (SSSR count). The first-order valence-corrected chi connectivity index (χ1v) is 9.13. The summed E-state index contributed by atoms with van der Waals surface area (Å²) < 4.78 is 11.4. The molecule has 0 aliphatic carbocycles. The average Bonchev–Trinajstić information content (AvgIpc) is 3.21. The van der Waals surface area contributed by atoms with Crippen LogP contribution in [0.25, 0.3) is 11.0 Å². The van der Waals surface area contributed by atoms with Crippen molar-refractivity contribution in [3.05, 3.63) is 72.1 Å². The van der Waals surface area contributed by atoms with Crippen LogP contribution in [0.1, 0.15) is 20.7 Å². The van der Waals surface area contributed by atoms with Gasteiger partial charge in [-0.2, -0.15) is 0 Å². The molecule has 0 radical (unpaired) electrons. The Morgan fingerprint density at radius 1 is 1.10 bits per heavy atom. The first-order chi connectivity index (χ1) is 14.4. The Morgan fingerprint density at radius 2 is 1.83 bits per heavy atom. The molecule has 3 aromatic rings. The second-order valence-electron chi connectivity index (χ2n) is 6.63. The van der Waals surface area contributed by atoms with Gasteiger partial charge in [-0.25, -0.2) is 0 Å². The highest BCUT2D eigenvalue weighted by molar-refractivity contribution is 6.10. The second-order valence-corrected chi connectivity index (χ2v) is 6.63. The quantitative estimate of drug-likeness (QED) is 0.430. The van der Waals surface area contributed by atoms with Gasteiger partial charge >= 0.3 is 0 Å². The molecule has 1 heterocycles. The maximum atomic E-state index is 12.5. The van der Waals surface area contributed by atoms with Crippen LogP contribution in [0.2, 0.25) is 0 Å². The van der Waals surface area contributed by atoms with Gasteiger partial charge in [0.15, 0.2) is 11.3 Å². The molecule has 0 aliphatic heterocycles. The van der Waals surface area contributed by atoms with Gasteiger partial charge in [0.05, 0.1) is 6.26 Å². The normalized spacial score (nSPS) is 10.8. The highest BCUT2D eigenvalue weighted by Gasteiger charge is 2.15. The van der Waals surface area contributed by atoms with E-state index >= 15 is 0 Å². The number of benzene rings is 2. The fourth-order valence-electron chi connectivity index (χ4n) is 2.71. The van der Waals surface area contributed by atoms with Gasteiger partial charge in [0, 0.05) is 37.7 Å². The van der Waals surface area contributed by atoms with Crippen LogP contribution in [0.5, 0.6) is 11.5 Å². The minimum Gasteiger partial charge on any atom is -0.460 e. The summed E-state index contributed by atoms with van der Waals surface area (Å²) in [4.78, 5) is 26.1. The van der Waals surface area contributed by atoms with Gasteiger partial charge in [-0.05, 0) is 54.7 Å². The molecule has 154 valence electrons. The van der Waals surface area contributed by atoms with Crippen molar-refractivity contribution in [2.24, 2.45) is 0 Å². The number of nitrogens with one attached hydrogen (secondary N) is 3. The van der Waals surface area contributed by atoms with Gasteiger partial charge in [0.2, 0.25) is 0 Å². The number of ether oxygens (including phenoxy) is 1. The van der Waals surface area contributed by atoms with Gasteiger partial charge < -0.3 is 24.7 Å². The van der Waals surface area contributed by atoms with Crippen LogP contribution in [-0.4, -0.2) is 43.7 Å². The first-order valence-electron chi connectivity index (χ1n) is 9.13. The number of carbonyl (C=O) groups is 2. The first kappa shape index (κ1) is 20.7. The summed E-state index contributed by atoms with van der Waals surface area (Å²) in [5, 5.41) is 13.7. The number of furan rings is 1. The minimum atomic E-state index is -0.444. The van der Waals surface area contributed by atoms with Gasteiger partial charge in [-0.1, -0.05) is 0 Å². The summed E-state index contributed by atoms with van der Waals surface area (Å²) >= 11 is 0. The SMILES string of the molecule is CN/C=C\C(=N)NC(=O)c1cc(Oc2ccc(C(=O)N(C)C)cc2)c2occc2c1. The van der Waals surface area contributed by atoms with E-state index in [0.29, 0.717) is 33.6 Å². The Hall–Kier alpha value is -4.07. The number of fused-ring (bicyclic) bond motifs is 1. The molecule has 0 unspecified atom stereocenters. The van der Waals surface area contributed by atoms with Crippen molar-refractivity contribution in [3.63, 3.8) is 0 Å². The lowest BCUT2D eigenvalue weighted by Crippen LogP contribution is -2.28. The number of amides is 2. The van der Waals surface area contributed by atoms with Crippen LogP contribution >= 0.6 is 0 Å². The molecule has 2 amide bonds. The molecule has 8 heteroatoms. The van der Waals surface area contributed by atoms with E-state index in [2.05, 4.69) is 10.6 Å². The van der Waals surface area contributed by atoms with E-state index in [9.17, 15) is 9.59 Å². The van der Waals surface area contributed by atoms with Crippen molar-refractivity contribution >= 4 is 28.6 Å². The summed E-state index contributed by atoms with van der Waals surface area (Å²) in [6.07, 6.45) is 4.49. The highest BCUT2D eigenvalue weighted by Crippen LogP contribution is 2.32. The Kier molecular flexibility index (Phi) is 6.17. The third-order valence-corrected chi connectivity index (χ3v) is 4.18. The molecular weight excluding hydrogens is 384 g/mol. The molecule has 0 bridgehead atoms. The molecule has 30 heavy (non-hydrogen) atoms. The lowest BCUT2D eigenvalue weighted by Gasteiger charge is -2.12. The molecule has 0 saturated heterocycles. The standard InChI is InChI=1S/C22H22N4O4/c1-24-10-8-19(23)25-21(27)16-12-15-9-11-29-20(15)18(13-16)30-17-6-4-14(5-7-17)22(28)26(2)3/h4-13,24H,1-3H3,(H2,23,25,27)/b10-8-. The van der Waals surface area contributed by atoms with Crippen molar-refractivity contribution in [3.8, 4) is 11.5 Å². The van der Waals surface area contributed by atoms with Crippen molar-refractivity contribution < 1.29 is 18.7 Å². The average molecular weight is 406 g/mol. The summed E-state index contributed by atoms with van der Waals surface area (Å²) in [5.74, 6) is 0.242. The molecule has 0 aliphatic rings. The van der Waals surface area contributed by atoms with E-state index in [-0.39, 0.29) is 11.7 Å². The highest BCUT2D eigenvalue weighted by atomic mass is 16.5. The Bertz CT molecular complexity index is 1110. The zero-order chi connectivity index (χ0) is 21.7. The molecule has 1 aromatic heterocycles. The van der Waals surface area contributed by atoms with E-state index in [1.165, 1.54) is 17.2 Å². The van der Waals surface area contributed by atoms with Crippen LogP contribution in [0, 0.1) is 5.41 Å². The second kappa shape index (κ2) is 8.95. The summed E-state index contributed by atoms with van der Waals surface area (Å²) in [6.45, 7) is 0. The van der Waals surface area contributed by atoms with Crippen molar-refractivity contribution in [2.45, 2.75) is 0 Å². The molecular formula is C22H22N4O4. The van der Waals surface area contributed by atoms with E-state index in [0.717, 1.165) is 0 Å². The molecule has 0 fully saturated rings. The van der Waals surface area contributed by atoms with Gasteiger partial charge in [0.25, 0.3) is 11.8 Å². The Labute approximate surface area is 173 Å². The maximum Gasteiger partial charge on any atom is 0.256 e. The number of rotatable bonds is 6. The van der Waals surface area contributed by atoms with E-state index < -0.39 is 5.91 Å². The smallest absolute Gasteiger partial charge is 0.256 e. The predicted octanol–water partition coefficient (Wildman–Crippen LogP) is 3.37. The van der Waals surface area contributed by atoms with Gasteiger partial charge in [-0.15, -0.1) is 0 Å². The van der Waals surface area contributed by atoms with Gasteiger partial charge in [0.1, 0.15) is 11.6 Å². The topological polar surface area (TPSA) is 108 Å².